The molecule has 4 nitrogen and oxygen atoms in total. The Morgan fingerprint density at radius 3 is 2.74 bits per heavy atom. The van der Waals surface area contributed by atoms with Crippen molar-refractivity contribution in [3.05, 3.63) is 59.3 Å². The van der Waals surface area contributed by atoms with Gasteiger partial charge in [-0.2, -0.15) is 0 Å². The van der Waals surface area contributed by atoms with Gasteiger partial charge in [0.15, 0.2) is 0 Å². The number of aryl methyl sites for hydroxylation is 1. The van der Waals surface area contributed by atoms with Gasteiger partial charge in [0, 0.05) is 25.4 Å². The highest BCUT2D eigenvalue weighted by molar-refractivity contribution is 5.94. The summed E-state index contributed by atoms with van der Waals surface area (Å²) in [6.45, 7) is 2.86. The SMILES string of the molecule is CNc1ncc(C2CCCCN2C(=O)c2ccccc2)cc1C. The molecule has 1 aromatic carbocycles. The Balaban J connectivity index is 1.90. The standard InChI is InChI=1S/C19H23N3O/c1-14-12-16(13-21-18(14)20-2)17-10-6-7-11-22(17)19(23)15-8-4-3-5-9-15/h3-5,8-9,12-13,17H,6-7,10-11H2,1-2H3,(H,20,21). The Bertz CT molecular complexity index is 684. The number of nitrogens with one attached hydrogen (secondary N) is 1. The lowest BCUT2D eigenvalue weighted by atomic mass is 9.94. The summed E-state index contributed by atoms with van der Waals surface area (Å²) in [5, 5.41) is 3.09. The molecule has 2 aromatic rings. The van der Waals surface area contributed by atoms with Crippen LogP contribution in [0.5, 0.6) is 0 Å². The lowest BCUT2D eigenvalue weighted by Crippen LogP contribution is -2.38. The van der Waals surface area contributed by atoms with Crippen molar-refractivity contribution < 1.29 is 4.79 Å². The van der Waals surface area contributed by atoms with Gasteiger partial charge in [-0.25, -0.2) is 4.98 Å². The molecule has 0 aliphatic carbocycles. The van der Waals surface area contributed by atoms with E-state index in [1.165, 1.54) is 0 Å². The van der Waals surface area contributed by atoms with E-state index < -0.39 is 0 Å². The average Bonchev–Trinajstić information content (AvgIpc) is 2.62. The zero-order valence-electron chi connectivity index (χ0n) is 13.7. The molecule has 1 atom stereocenters. The predicted molar refractivity (Wildman–Crippen MR) is 92.6 cm³/mol. The summed E-state index contributed by atoms with van der Waals surface area (Å²) in [7, 11) is 1.88. The average molecular weight is 309 g/mol. The van der Waals surface area contributed by atoms with Crippen molar-refractivity contribution in [2.45, 2.75) is 32.2 Å². The van der Waals surface area contributed by atoms with E-state index in [2.05, 4.69) is 23.3 Å². The first-order chi connectivity index (χ1) is 11.2. The van der Waals surface area contributed by atoms with Crippen molar-refractivity contribution in [1.29, 1.82) is 0 Å². The number of hydrogen-bond acceptors (Lipinski definition) is 3. The third-order valence-corrected chi connectivity index (χ3v) is 4.51. The Labute approximate surface area is 137 Å². The number of piperidine rings is 1. The largest absolute Gasteiger partial charge is 0.373 e. The Morgan fingerprint density at radius 2 is 2.04 bits per heavy atom. The van der Waals surface area contributed by atoms with Gasteiger partial charge in [-0.05, 0) is 55.5 Å². The third-order valence-electron chi connectivity index (χ3n) is 4.51. The summed E-state index contributed by atoms with van der Waals surface area (Å²) in [4.78, 5) is 19.4. The number of amides is 1. The number of nitrogens with zero attached hydrogens (tertiary/aromatic N) is 2. The van der Waals surface area contributed by atoms with Gasteiger partial charge in [0.25, 0.3) is 5.91 Å². The maximum absolute atomic E-state index is 12.9. The van der Waals surface area contributed by atoms with Crippen LogP contribution in [0.1, 0.15) is 46.8 Å². The number of pyridine rings is 1. The minimum Gasteiger partial charge on any atom is -0.373 e. The molecule has 23 heavy (non-hydrogen) atoms. The van der Waals surface area contributed by atoms with Crippen molar-refractivity contribution >= 4 is 11.7 Å². The molecule has 1 N–H and O–H groups in total. The van der Waals surface area contributed by atoms with E-state index in [1.807, 2.05) is 48.5 Å². The molecule has 1 unspecified atom stereocenters. The second-order valence-corrected chi connectivity index (χ2v) is 6.06. The van der Waals surface area contributed by atoms with Crippen LogP contribution in [0, 0.1) is 6.92 Å². The molecule has 0 spiro atoms. The van der Waals surface area contributed by atoms with Crippen molar-refractivity contribution in [3.8, 4) is 0 Å². The van der Waals surface area contributed by atoms with Gasteiger partial charge in [0.05, 0.1) is 6.04 Å². The van der Waals surface area contributed by atoms with Gasteiger partial charge in [-0.1, -0.05) is 18.2 Å². The zero-order valence-corrected chi connectivity index (χ0v) is 13.7. The van der Waals surface area contributed by atoms with Crippen molar-refractivity contribution in [2.75, 3.05) is 18.9 Å². The second-order valence-electron chi connectivity index (χ2n) is 6.06. The van der Waals surface area contributed by atoms with E-state index in [-0.39, 0.29) is 11.9 Å². The molecular weight excluding hydrogens is 286 g/mol. The van der Waals surface area contributed by atoms with Crippen LogP contribution in [0.2, 0.25) is 0 Å². The molecule has 0 radical (unpaired) electrons. The summed E-state index contributed by atoms with van der Waals surface area (Å²) in [6, 6.07) is 11.8. The van der Waals surface area contributed by atoms with Crippen LogP contribution in [0.3, 0.4) is 0 Å². The van der Waals surface area contributed by atoms with Gasteiger partial charge in [0.2, 0.25) is 0 Å². The van der Waals surface area contributed by atoms with Gasteiger partial charge in [-0.15, -0.1) is 0 Å². The van der Waals surface area contributed by atoms with Crippen LogP contribution in [-0.4, -0.2) is 29.4 Å². The number of rotatable bonds is 3. The molecule has 1 aromatic heterocycles. The van der Waals surface area contributed by atoms with E-state index in [1.54, 1.807) is 0 Å². The number of likely N-dealkylation sites (tertiary alicyclic amines) is 1. The number of hydrogen-bond donors (Lipinski definition) is 1. The van der Waals surface area contributed by atoms with Gasteiger partial charge in [0.1, 0.15) is 5.82 Å². The highest BCUT2D eigenvalue weighted by Crippen LogP contribution is 2.33. The fourth-order valence-electron chi connectivity index (χ4n) is 3.31. The van der Waals surface area contributed by atoms with Crippen molar-refractivity contribution in [2.24, 2.45) is 0 Å². The first-order valence-corrected chi connectivity index (χ1v) is 8.21. The van der Waals surface area contributed by atoms with Crippen LogP contribution in [0.25, 0.3) is 0 Å². The summed E-state index contributed by atoms with van der Waals surface area (Å²) in [5.74, 6) is 1.01. The summed E-state index contributed by atoms with van der Waals surface area (Å²) >= 11 is 0. The summed E-state index contributed by atoms with van der Waals surface area (Å²) in [6.07, 6.45) is 5.12. The van der Waals surface area contributed by atoms with Crippen LogP contribution < -0.4 is 5.32 Å². The molecule has 2 heterocycles. The maximum atomic E-state index is 12.9. The van der Waals surface area contributed by atoms with E-state index in [0.29, 0.717) is 0 Å². The van der Waals surface area contributed by atoms with E-state index >= 15 is 0 Å². The zero-order chi connectivity index (χ0) is 16.2. The molecule has 120 valence electrons. The predicted octanol–water partition coefficient (Wildman–Crippen LogP) is 3.80. The number of aromatic nitrogens is 1. The van der Waals surface area contributed by atoms with E-state index in [0.717, 1.165) is 48.3 Å². The molecule has 0 saturated carbocycles. The highest BCUT2D eigenvalue weighted by atomic mass is 16.2. The van der Waals surface area contributed by atoms with E-state index in [4.69, 9.17) is 0 Å². The van der Waals surface area contributed by atoms with Crippen molar-refractivity contribution in [1.82, 2.24) is 9.88 Å². The summed E-state index contributed by atoms with van der Waals surface area (Å²) < 4.78 is 0. The molecule has 1 aliphatic rings. The van der Waals surface area contributed by atoms with Crippen LogP contribution >= 0.6 is 0 Å². The lowest BCUT2D eigenvalue weighted by molar-refractivity contribution is 0.0611. The molecule has 4 heteroatoms. The van der Waals surface area contributed by atoms with Crippen LogP contribution in [0.15, 0.2) is 42.6 Å². The quantitative estimate of drug-likeness (QED) is 0.938. The summed E-state index contributed by atoms with van der Waals surface area (Å²) in [5.41, 5.74) is 3.00. The monoisotopic (exact) mass is 309 g/mol. The number of benzene rings is 1. The third kappa shape index (κ3) is 3.21. The highest BCUT2D eigenvalue weighted by Gasteiger charge is 2.29. The second kappa shape index (κ2) is 6.82. The van der Waals surface area contributed by atoms with Gasteiger partial charge >= 0.3 is 0 Å². The molecule has 1 fully saturated rings. The van der Waals surface area contributed by atoms with Crippen LogP contribution in [0.4, 0.5) is 5.82 Å². The molecular formula is C19H23N3O. The fourth-order valence-corrected chi connectivity index (χ4v) is 3.31. The van der Waals surface area contributed by atoms with Crippen LogP contribution in [-0.2, 0) is 0 Å². The minimum atomic E-state index is 0.116. The first kappa shape index (κ1) is 15.5. The van der Waals surface area contributed by atoms with Gasteiger partial charge < -0.3 is 10.2 Å². The molecule has 0 bridgehead atoms. The maximum Gasteiger partial charge on any atom is 0.254 e. The fraction of sp³-hybridized carbons (Fsp3) is 0.368. The number of anilines is 1. The first-order valence-electron chi connectivity index (χ1n) is 8.21. The Morgan fingerprint density at radius 1 is 1.26 bits per heavy atom. The van der Waals surface area contributed by atoms with E-state index in [9.17, 15) is 4.79 Å². The minimum absolute atomic E-state index is 0.116. The normalized spacial score (nSPS) is 17.8. The Hall–Kier alpha value is -2.36. The topological polar surface area (TPSA) is 45.2 Å². The molecule has 3 rings (SSSR count). The number of carbonyl (C=O) groups excluding carboxylic acids is 1. The molecule has 1 saturated heterocycles. The van der Waals surface area contributed by atoms with Gasteiger partial charge in [-0.3, -0.25) is 4.79 Å². The van der Waals surface area contributed by atoms with Crippen molar-refractivity contribution in [3.63, 3.8) is 0 Å². The smallest absolute Gasteiger partial charge is 0.254 e. The number of carbonyl (C=O) groups is 1. The molecule has 1 amide bonds. The lowest BCUT2D eigenvalue weighted by Gasteiger charge is -2.36. The molecule has 1 aliphatic heterocycles. The Kier molecular flexibility index (Phi) is 4.60.